The molecule has 2 rings (SSSR count). The zero-order chi connectivity index (χ0) is 13.7. The molecule has 0 aromatic heterocycles. The zero-order valence-electron chi connectivity index (χ0n) is 12.5. The number of fused-ring (bicyclic) bond motifs is 1. The van der Waals surface area contributed by atoms with Gasteiger partial charge in [0.1, 0.15) is 0 Å². The lowest BCUT2D eigenvalue weighted by Crippen LogP contribution is -2.31. The Morgan fingerprint density at radius 1 is 1.32 bits per heavy atom. The highest BCUT2D eigenvalue weighted by Crippen LogP contribution is 2.33. The molecule has 0 spiro atoms. The Hall–Kier alpha value is -0.860. The van der Waals surface area contributed by atoms with Crippen LogP contribution in [0.4, 0.5) is 0 Å². The standard InChI is InChI=1S/C17H27NO/c1-4-8-13(3)12-19-16-11-14-9-6-7-10-15(14)17(16)18-5-2/h6-7,9-10,13,16-18H,4-5,8,11-12H2,1-3H3. The second-order valence-corrected chi connectivity index (χ2v) is 5.70. The van der Waals surface area contributed by atoms with E-state index in [-0.39, 0.29) is 0 Å². The molecule has 0 aliphatic heterocycles. The van der Waals surface area contributed by atoms with Gasteiger partial charge in [-0.1, -0.05) is 51.5 Å². The predicted octanol–water partition coefficient (Wildman–Crippen LogP) is 3.71. The van der Waals surface area contributed by atoms with Crippen molar-refractivity contribution in [3.05, 3.63) is 35.4 Å². The molecule has 1 N–H and O–H groups in total. The van der Waals surface area contributed by atoms with Crippen molar-refractivity contribution in [1.29, 1.82) is 0 Å². The van der Waals surface area contributed by atoms with Crippen LogP contribution in [0.5, 0.6) is 0 Å². The predicted molar refractivity (Wildman–Crippen MR) is 80.4 cm³/mol. The van der Waals surface area contributed by atoms with E-state index in [0.29, 0.717) is 18.1 Å². The molecule has 19 heavy (non-hydrogen) atoms. The van der Waals surface area contributed by atoms with Gasteiger partial charge in [0.05, 0.1) is 12.1 Å². The van der Waals surface area contributed by atoms with Crippen LogP contribution in [-0.4, -0.2) is 19.3 Å². The van der Waals surface area contributed by atoms with Crippen molar-refractivity contribution in [2.24, 2.45) is 5.92 Å². The van der Waals surface area contributed by atoms with E-state index in [9.17, 15) is 0 Å². The van der Waals surface area contributed by atoms with Crippen molar-refractivity contribution in [2.45, 2.75) is 52.2 Å². The summed E-state index contributed by atoms with van der Waals surface area (Å²) < 4.78 is 6.20. The van der Waals surface area contributed by atoms with Gasteiger partial charge in [-0.3, -0.25) is 0 Å². The fraction of sp³-hybridized carbons (Fsp3) is 0.647. The molecule has 0 saturated heterocycles. The summed E-state index contributed by atoms with van der Waals surface area (Å²) in [6.07, 6.45) is 3.85. The summed E-state index contributed by atoms with van der Waals surface area (Å²) in [5.41, 5.74) is 2.87. The van der Waals surface area contributed by atoms with Crippen molar-refractivity contribution in [1.82, 2.24) is 5.32 Å². The van der Waals surface area contributed by atoms with Crippen LogP contribution in [0.2, 0.25) is 0 Å². The van der Waals surface area contributed by atoms with Gasteiger partial charge in [0, 0.05) is 13.0 Å². The van der Waals surface area contributed by atoms with E-state index in [2.05, 4.69) is 50.4 Å². The molecule has 2 heteroatoms. The summed E-state index contributed by atoms with van der Waals surface area (Å²) in [4.78, 5) is 0. The van der Waals surface area contributed by atoms with Gasteiger partial charge < -0.3 is 10.1 Å². The summed E-state index contributed by atoms with van der Waals surface area (Å²) in [6.45, 7) is 8.56. The average Bonchev–Trinajstić information content (AvgIpc) is 2.76. The van der Waals surface area contributed by atoms with E-state index in [1.165, 1.54) is 24.0 Å². The van der Waals surface area contributed by atoms with E-state index in [0.717, 1.165) is 19.6 Å². The Labute approximate surface area is 117 Å². The number of hydrogen-bond donors (Lipinski definition) is 1. The van der Waals surface area contributed by atoms with Crippen LogP contribution in [-0.2, 0) is 11.2 Å². The molecule has 1 aromatic carbocycles. The molecule has 0 saturated carbocycles. The van der Waals surface area contributed by atoms with Crippen LogP contribution in [0.3, 0.4) is 0 Å². The normalized spacial score (nSPS) is 23.3. The second kappa shape index (κ2) is 7.06. The molecule has 0 fully saturated rings. The van der Waals surface area contributed by atoms with Crippen molar-refractivity contribution in [3.63, 3.8) is 0 Å². The maximum atomic E-state index is 6.20. The molecule has 0 amide bonds. The van der Waals surface area contributed by atoms with Gasteiger partial charge in [0.15, 0.2) is 0 Å². The minimum atomic E-state index is 0.302. The number of rotatable bonds is 7. The molecule has 0 bridgehead atoms. The molecule has 0 radical (unpaired) electrons. The lowest BCUT2D eigenvalue weighted by atomic mass is 10.1. The van der Waals surface area contributed by atoms with Crippen molar-refractivity contribution < 1.29 is 4.74 Å². The third-order valence-electron chi connectivity index (χ3n) is 3.98. The molecule has 106 valence electrons. The number of likely N-dealkylation sites (N-methyl/N-ethyl adjacent to an activating group) is 1. The Morgan fingerprint density at radius 2 is 2.11 bits per heavy atom. The van der Waals surface area contributed by atoms with E-state index in [1.54, 1.807) is 0 Å². The molecule has 1 aliphatic carbocycles. The maximum absolute atomic E-state index is 6.20. The fourth-order valence-electron chi connectivity index (χ4n) is 3.04. The highest BCUT2D eigenvalue weighted by Gasteiger charge is 2.32. The summed E-state index contributed by atoms with van der Waals surface area (Å²) in [5, 5.41) is 3.58. The first-order valence-electron chi connectivity index (χ1n) is 7.69. The first kappa shape index (κ1) is 14.5. The SMILES string of the molecule is CCCC(C)COC1Cc2ccccc2C1NCC. The maximum Gasteiger partial charge on any atom is 0.0810 e. The van der Waals surface area contributed by atoms with Crippen molar-refractivity contribution >= 4 is 0 Å². The Kier molecular flexibility index (Phi) is 5.41. The van der Waals surface area contributed by atoms with Crippen LogP contribution in [0, 0.1) is 5.92 Å². The van der Waals surface area contributed by atoms with E-state index < -0.39 is 0 Å². The Balaban J connectivity index is 1.98. The van der Waals surface area contributed by atoms with Crippen LogP contribution in [0.1, 0.15) is 50.8 Å². The number of nitrogens with one attached hydrogen (secondary N) is 1. The molecule has 3 atom stereocenters. The second-order valence-electron chi connectivity index (χ2n) is 5.70. The van der Waals surface area contributed by atoms with Gasteiger partial charge in [-0.2, -0.15) is 0 Å². The first-order valence-corrected chi connectivity index (χ1v) is 7.69. The molecule has 3 unspecified atom stereocenters. The monoisotopic (exact) mass is 261 g/mol. The van der Waals surface area contributed by atoms with E-state index >= 15 is 0 Å². The van der Waals surface area contributed by atoms with Crippen LogP contribution < -0.4 is 5.32 Å². The highest BCUT2D eigenvalue weighted by atomic mass is 16.5. The molecular formula is C17H27NO. The van der Waals surface area contributed by atoms with Crippen LogP contribution in [0.15, 0.2) is 24.3 Å². The summed E-state index contributed by atoms with van der Waals surface area (Å²) in [6, 6.07) is 9.10. The Morgan fingerprint density at radius 3 is 2.84 bits per heavy atom. The van der Waals surface area contributed by atoms with Crippen molar-refractivity contribution in [2.75, 3.05) is 13.2 Å². The summed E-state index contributed by atoms with van der Waals surface area (Å²) >= 11 is 0. The summed E-state index contributed by atoms with van der Waals surface area (Å²) in [7, 11) is 0. The number of benzene rings is 1. The number of ether oxygens (including phenoxy) is 1. The summed E-state index contributed by atoms with van der Waals surface area (Å²) in [5.74, 6) is 0.663. The zero-order valence-corrected chi connectivity index (χ0v) is 12.5. The van der Waals surface area contributed by atoms with Gasteiger partial charge in [-0.05, 0) is 30.0 Å². The van der Waals surface area contributed by atoms with Gasteiger partial charge >= 0.3 is 0 Å². The molecule has 0 heterocycles. The lowest BCUT2D eigenvalue weighted by Gasteiger charge is -2.23. The molecular weight excluding hydrogens is 234 g/mol. The quantitative estimate of drug-likeness (QED) is 0.808. The van der Waals surface area contributed by atoms with E-state index in [4.69, 9.17) is 4.74 Å². The topological polar surface area (TPSA) is 21.3 Å². The minimum Gasteiger partial charge on any atom is -0.376 e. The molecule has 2 nitrogen and oxygen atoms in total. The lowest BCUT2D eigenvalue weighted by molar-refractivity contribution is 0.0151. The van der Waals surface area contributed by atoms with Crippen molar-refractivity contribution in [3.8, 4) is 0 Å². The molecule has 1 aromatic rings. The first-order chi connectivity index (χ1) is 9.26. The van der Waals surface area contributed by atoms with Gasteiger partial charge in [0.2, 0.25) is 0 Å². The average molecular weight is 261 g/mol. The third kappa shape index (κ3) is 3.58. The molecule has 1 aliphatic rings. The smallest absolute Gasteiger partial charge is 0.0810 e. The highest BCUT2D eigenvalue weighted by molar-refractivity contribution is 5.36. The largest absolute Gasteiger partial charge is 0.376 e. The van der Waals surface area contributed by atoms with Crippen LogP contribution in [0.25, 0.3) is 0 Å². The Bertz CT molecular complexity index is 391. The van der Waals surface area contributed by atoms with Crippen LogP contribution >= 0.6 is 0 Å². The number of hydrogen-bond acceptors (Lipinski definition) is 2. The van der Waals surface area contributed by atoms with Gasteiger partial charge in [-0.25, -0.2) is 0 Å². The fourth-order valence-corrected chi connectivity index (χ4v) is 3.04. The third-order valence-corrected chi connectivity index (χ3v) is 3.98. The van der Waals surface area contributed by atoms with Gasteiger partial charge in [0.25, 0.3) is 0 Å². The minimum absolute atomic E-state index is 0.302. The van der Waals surface area contributed by atoms with E-state index in [1.807, 2.05) is 0 Å². The van der Waals surface area contributed by atoms with Gasteiger partial charge in [-0.15, -0.1) is 0 Å².